The molecule has 3 N–H and O–H groups in total. The fraction of sp³-hybridized carbons (Fsp3) is 0.200. The lowest BCUT2D eigenvalue weighted by Crippen LogP contribution is -2.24. The first-order chi connectivity index (χ1) is 9.98. The van der Waals surface area contributed by atoms with E-state index in [2.05, 4.69) is 4.72 Å². The molecule has 0 aromatic heterocycles. The maximum absolute atomic E-state index is 12.0. The number of halogens is 1. The van der Waals surface area contributed by atoms with Gasteiger partial charge in [-0.05, 0) is 28.8 Å². The van der Waals surface area contributed by atoms with Gasteiger partial charge in [-0.1, -0.05) is 48.0 Å². The molecule has 0 aliphatic carbocycles. The molecule has 2 rings (SSSR count). The van der Waals surface area contributed by atoms with Crippen LogP contribution >= 0.6 is 11.6 Å². The zero-order valence-corrected chi connectivity index (χ0v) is 13.0. The van der Waals surface area contributed by atoms with Crippen molar-refractivity contribution >= 4 is 21.6 Å². The van der Waals surface area contributed by atoms with Crippen LogP contribution in [0.1, 0.15) is 16.7 Å². The van der Waals surface area contributed by atoms with Crippen LogP contribution in [0.4, 0.5) is 0 Å². The molecule has 0 radical (unpaired) electrons. The van der Waals surface area contributed by atoms with E-state index in [0.717, 1.165) is 16.7 Å². The fourth-order valence-electron chi connectivity index (χ4n) is 1.84. The van der Waals surface area contributed by atoms with Crippen molar-refractivity contribution in [2.24, 2.45) is 5.73 Å². The van der Waals surface area contributed by atoms with Crippen LogP contribution in [0.25, 0.3) is 0 Å². The van der Waals surface area contributed by atoms with Crippen LogP contribution in [-0.4, -0.2) is 8.42 Å². The van der Waals surface area contributed by atoms with Gasteiger partial charge in [-0.25, -0.2) is 13.1 Å². The Morgan fingerprint density at radius 2 is 1.43 bits per heavy atom. The van der Waals surface area contributed by atoms with Crippen LogP contribution in [0.15, 0.2) is 48.5 Å². The summed E-state index contributed by atoms with van der Waals surface area (Å²) in [5.74, 6) is -0.0502. The fourth-order valence-corrected chi connectivity index (χ4v) is 3.08. The number of sulfonamides is 1. The molecule has 21 heavy (non-hydrogen) atoms. The first-order valence-electron chi connectivity index (χ1n) is 6.48. The highest BCUT2D eigenvalue weighted by atomic mass is 35.5. The smallest absolute Gasteiger partial charge is 0.216 e. The van der Waals surface area contributed by atoms with Crippen molar-refractivity contribution in [1.29, 1.82) is 0 Å². The molecule has 0 aliphatic heterocycles. The minimum Gasteiger partial charge on any atom is -0.326 e. The van der Waals surface area contributed by atoms with Crippen LogP contribution in [-0.2, 0) is 28.9 Å². The summed E-state index contributed by atoms with van der Waals surface area (Å²) >= 11 is 5.79. The molecule has 0 aliphatic rings. The first kappa shape index (κ1) is 16.0. The Morgan fingerprint density at radius 1 is 0.905 bits per heavy atom. The maximum atomic E-state index is 12.0. The Bertz CT molecular complexity index is 683. The molecular formula is C15H17ClN2O2S. The Hall–Kier alpha value is -1.40. The monoisotopic (exact) mass is 324 g/mol. The summed E-state index contributed by atoms with van der Waals surface area (Å²) in [6.07, 6.45) is 0. The summed E-state index contributed by atoms with van der Waals surface area (Å²) in [6.45, 7) is 0.697. The van der Waals surface area contributed by atoms with Crippen molar-refractivity contribution in [3.8, 4) is 0 Å². The molecule has 0 fully saturated rings. The average Bonchev–Trinajstić information content (AvgIpc) is 2.47. The zero-order chi connectivity index (χ0) is 15.3. The number of benzene rings is 2. The standard InChI is InChI=1S/C15H17ClN2O2S/c16-15-7-5-13(6-8-15)10-18-21(19,20)11-14-3-1-12(9-17)2-4-14/h1-8,18H,9-11,17H2. The van der Waals surface area contributed by atoms with Gasteiger partial charge in [-0.2, -0.15) is 0 Å². The van der Waals surface area contributed by atoms with Gasteiger partial charge in [-0.15, -0.1) is 0 Å². The molecule has 2 aromatic rings. The molecule has 0 atom stereocenters. The predicted molar refractivity (Wildman–Crippen MR) is 85.2 cm³/mol. The minimum absolute atomic E-state index is 0.0502. The third kappa shape index (κ3) is 5.13. The van der Waals surface area contributed by atoms with Crippen molar-refractivity contribution in [3.05, 3.63) is 70.2 Å². The lowest BCUT2D eigenvalue weighted by atomic mass is 10.1. The normalized spacial score (nSPS) is 11.5. The summed E-state index contributed by atoms with van der Waals surface area (Å²) in [5, 5.41) is 0.626. The third-order valence-corrected chi connectivity index (χ3v) is 4.57. The van der Waals surface area contributed by atoms with Gasteiger partial charge in [-0.3, -0.25) is 0 Å². The second-order valence-corrected chi connectivity index (χ2v) is 6.97. The van der Waals surface area contributed by atoms with Crippen molar-refractivity contribution < 1.29 is 8.42 Å². The van der Waals surface area contributed by atoms with E-state index < -0.39 is 10.0 Å². The molecule has 0 saturated heterocycles. The summed E-state index contributed by atoms with van der Waals surface area (Å²) in [5.41, 5.74) is 8.08. The van der Waals surface area contributed by atoms with E-state index in [0.29, 0.717) is 11.6 Å². The third-order valence-electron chi connectivity index (χ3n) is 3.02. The summed E-state index contributed by atoms with van der Waals surface area (Å²) < 4.78 is 26.6. The average molecular weight is 325 g/mol. The van der Waals surface area contributed by atoms with Crippen LogP contribution < -0.4 is 10.5 Å². The largest absolute Gasteiger partial charge is 0.326 e. The Kier molecular flexibility index (Phi) is 5.36. The van der Waals surface area contributed by atoms with E-state index in [1.165, 1.54) is 0 Å². The number of nitrogens with two attached hydrogens (primary N) is 1. The van der Waals surface area contributed by atoms with Gasteiger partial charge in [0.1, 0.15) is 0 Å². The SMILES string of the molecule is NCc1ccc(CS(=O)(=O)NCc2ccc(Cl)cc2)cc1. The van der Waals surface area contributed by atoms with Gasteiger partial charge in [0.15, 0.2) is 0 Å². The Morgan fingerprint density at radius 3 is 2.00 bits per heavy atom. The zero-order valence-electron chi connectivity index (χ0n) is 11.4. The molecule has 0 heterocycles. The molecule has 0 unspecified atom stereocenters. The van der Waals surface area contributed by atoms with E-state index >= 15 is 0 Å². The minimum atomic E-state index is -3.38. The van der Waals surface area contributed by atoms with Crippen molar-refractivity contribution in [2.75, 3.05) is 0 Å². The maximum Gasteiger partial charge on any atom is 0.216 e. The highest BCUT2D eigenvalue weighted by molar-refractivity contribution is 7.88. The van der Waals surface area contributed by atoms with Crippen molar-refractivity contribution in [1.82, 2.24) is 4.72 Å². The summed E-state index contributed by atoms with van der Waals surface area (Å²) in [7, 11) is -3.38. The molecule has 0 amide bonds. The van der Waals surface area contributed by atoms with Crippen molar-refractivity contribution in [3.63, 3.8) is 0 Å². The van der Waals surface area contributed by atoms with Gasteiger partial charge in [0, 0.05) is 18.1 Å². The van der Waals surface area contributed by atoms with Crippen LogP contribution in [0.2, 0.25) is 5.02 Å². The number of nitrogens with one attached hydrogen (secondary N) is 1. The van der Waals surface area contributed by atoms with Crippen molar-refractivity contribution in [2.45, 2.75) is 18.8 Å². The van der Waals surface area contributed by atoms with Crippen LogP contribution in [0, 0.1) is 0 Å². The second-order valence-electron chi connectivity index (χ2n) is 4.73. The molecule has 112 valence electrons. The number of hydrogen-bond acceptors (Lipinski definition) is 3. The van der Waals surface area contributed by atoms with Crippen LogP contribution in [0.5, 0.6) is 0 Å². The quantitative estimate of drug-likeness (QED) is 0.857. The topological polar surface area (TPSA) is 72.2 Å². The molecule has 2 aromatic carbocycles. The molecular weight excluding hydrogens is 308 g/mol. The lowest BCUT2D eigenvalue weighted by molar-refractivity contribution is 0.580. The van der Waals surface area contributed by atoms with E-state index in [9.17, 15) is 8.42 Å². The van der Waals surface area contributed by atoms with Gasteiger partial charge in [0.05, 0.1) is 5.75 Å². The number of hydrogen-bond donors (Lipinski definition) is 2. The molecule has 6 heteroatoms. The highest BCUT2D eigenvalue weighted by Gasteiger charge is 2.11. The van der Waals surface area contributed by atoms with Gasteiger partial charge >= 0.3 is 0 Å². The summed E-state index contributed by atoms with van der Waals surface area (Å²) in [6, 6.07) is 14.3. The van der Waals surface area contributed by atoms with E-state index in [-0.39, 0.29) is 12.3 Å². The van der Waals surface area contributed by atoms with E-state index in [4.69, 9.17) is 17.3 Å². The second kappa shape index (κ2) is 7.04. The first-order valence-corrected chi connectivity index (χ1v) is 8.51. The Balaban J connectivity index is 1.96. The van der Waals surface area contributed by atoms with E-state index in [1.54, 1.807) is 36.4 Å². The lowest BCUT2D eigenvalue weighted by Gasteiger charge is -2.07. The predicted octanol–water partition coefficient (Wildman–Crippen LogP) is 2.42. The van der Waals surface area contributed by atoms with Gasteiger partial charge in [0.2, 0.25) is 10.0 Å². The molecule has 0 bridgehead atoms. The molecule has 0 spiro atoms. The van der Waals surface area contributed by atoms with Gasteiger partial charge < -0.3 is 5.73 Å². The highest BCUT2D eigenvalue weighted by Crippen LogP contribution is 2.11. The molecule has 4 nitrogen and oxygen atoms in total. The molecule has 0 saturated carbocycles. The summed E-state index contributed by atoms with van der Waals surface area (Å²) in [4.78, 5) is 0. The van der Waals surface area contributed by atoms with Gasteiger partial charge in [0.25, 0.3) is 0 Å². The van der Waals surface area contributed by atoms with Crippen LogP contribution in [0.3, 0.4) is 0 Å². The van der Waals surface area contributed by atoms with E-state index in [1.807, 2.05) is 12.1 Å². The number of rotatable bonds is 6. The Labute approximate surface area is 130 Å².